The Labute approximate surface area is 188 Å². The summed E-state index contributed by atoms with van der Waals surface area (Å²) in [6.07, 6.45) is 3.62. The van der Waals surface area contributed by atoms with E-state index in [-0.39, 0.29) is 29.9 Å². The largest absolute Gasteiger partial charge is 0.467 e. The minimum atomic E-state index is -0.164. The zero-order valence-electron chi connectivity index (χ0n) is 18.0. The maximum atomic E-state index is 12.6. The van der Waals surface area contributed by atoms with Gasteiger partial charge < -0.3 is 30.2 Å². The van der Waals surface area contributed by atoms with E-state index < -0.39 is 0 Å². The van der Waals surface area contributed by atoms with E-state index in [0.29, 0.717) is 31.0 Å². The molecule has 0 saturated carbocycles. The molecule has 2 amide bonds. The molecule has 3 saturated heterocycles. The van der Waals surface area contributed by atoms with Crippen LogP contribution in [0.5, 0.6) is 0 Å². The lowest BCUT2D eigenvalue weighted by Crippen LogP contribution is -2.58. The molecule has 0 unspecified atom stereocenters. The predicted molar refractivity (Wildman–Crippen MR) is 120 cm³/mol. The summed E-state index contributed by atoms with van der Waals surface area (Å²) < 4.78 is 5.31. The molecule has 3 N–H and O–H groups in total. The van der Waals surface area contributed by atoms with Gasteiger partial charge in [-0.15, -0.1) is 0 Å². The van der Waals surface area contributed by atoms with Crippen LogP contribution in [0.15, 0.2) is 22.8 Å². The topological polar surface area (TPSA) is 93.1 Å². The SMILES string of the molecule is CN1CCN(C(=O)CC[C@H]2CNC(=O)[C@H]3C[C@H](NC(=S)NCc4ccco4)CN23)CC1. The summed E-state index contributed by atoms with van der Waals surface area (Å²) in [6, 6.07) is 3.85. The summed E-state index contributed by atoms with van der Waals surface area (Å²) in [6.45, 7) is 5.33. The second-order valence-corrected chi connectivity index (χ2v) is 9.08. The van der Waals surface area contributed by atoms with Crippen LogP contribution in [0.1, 0.15) is 25.0 Å². The van der Waals surface area contributed by atoms with Gasteiger partial charge >= 0.3 is 0 Å². The number of likely N-dealkylation sites (N-methyl/N-ethyl adjacent to an activating group) is 1. The average Bonchev–Trinajstić information content (AvgIpc) is 3.42. The predicted octanol–water partition coefficient (Wildman–Crippen LogP) is -0.261. The molecule has 9 nitrogen and oxygen atoms in total. The number of nitrogens with zero attached hydrogens (tertiary/aromatic N) is 3. The second kappa shape index (κ2) is 9.97. The van der Waals surface area contributed by atoms with Crippen LogP contribution < -0.4 is 16.0 Å². The first-order valence-electron chi connectivity index (χ1n) is 11.1. The number of fused-ring (bicyclic) bond motifs is 1. The molecule has 0 aromatic carbocycles. The fourth-order valence-electron chi connectivity index (χ4n) is 4.67. The van der Waals surface area contributed by atoms with E-state index in [1.165, 1.54) is 0 Å². The Bertz CT molecular complexity index is 780. The van der Waals surface area contributed by atoms with Crippen LogP contribution in [0.25, 0.3) is 0 Å². The van der Waals surface area contributed by atoms with Crippen molar-refractivity contribution in [1.82, 2.24) is 30.7 Å². The van der Waals surface area contributed by atoms with Crippen LogP contribution in [0.3, 0.4) is 0 Å². The fourth-order valence-corrected chi connectivity index (χ4v) is 4.91. The Morgan fingerprint density at radius 1 is 1.32 bits per heavy atom. The number of hydrogen-bond donors (Lipinski definition) is 3. The van der Waals surface area contributed by atoms with Gasteiger partial charge in [-0.25, -0.2) is 0 Å². The number of carbonyl (C=O) groups is 2. The van der Waals surface area contributed by atoms with Gasteiger partial charge in [-0.1, -0.05) is 0 Å². The summed E-state index contributed by atoms with van der Waals surface area (Å²) in [5.74, 6) is 1.11. The molecule has 3 aliphatic rings. The lowest BCUT2D eigenvalue weighted by molar-refractivity contribution is -0.133. The molecular weight excluding hydrogens is 416 g/mol. The number of furan rings is 1. The van der Waals surface area contributed by atoms with Crippen LogP contribution in [-0.4, -0.2) is 96.1 Å². The third-order valence-corrected chi connectivity index (χ3v) is 6.77. The molecule has 0 radical (unpaired) electrons. The summed E-state index contributed by atoms with van der Waals surface area (Å²) in [4.78, 5) is 31.5. The minimum Gasteiger partial charge on any atom is -0.467 e. The number of carbonyl (C=O) groups excluding carboxylic acids is 2. The molecule has 0 bridgehead atoms. The van der Waals surface area contributed by atoms with Gasteiger partial charge in [0.25, 0.3) is 0 Å². The van der Waals surface area contributed by atoms with Gasteiger partial charge in [0.15, 0.2) is 5.11 Å². The van der Waals surface area contributed by atoms with Crippen molar-refractivity contribution >= 4 is 29.1 Å². The standard InChI is InChI=1S/C21H32N6O3S/c1-25-6-8-26(9-7-25)19(28)5-4-16-12-22-20(29)18-11-15(14-27(16)18)24-21(31)23-13-17-3-2-10-30-17/h2-3,10,15-16,18H,4-9,11-14H2,1H3,(H,22,29)(H2,23,24,31)/t15-,16-,18+/m0/s1. The van der Waals surface area contributed by atoms with Crippen molar-refractivity contribution in [2.24, 2.45) is 0 Å². The first-order chi connectivity index (χ1) is 15.0. The highest BCUT2D eigenvalue weighted by atomic mass is 32.1. The van der Waals surface area contributed by atoms with Gasteiger partial charge in [0.1, 0.15) is 5.76 Å². The Kier molecular flexibility index (Phi) is 7.09. The molecule has 0 aliphatic carbocycles. The average molecular weight is 449 g/mol. The van der Waals surface area contributed by atoms with Crippen molar-refractivity contribution in [3.05, 3.63) is 24.2 Å². The zero-order valence-corrected chi connectivity index (χ0v) is 18.8. The van der Waals surface area contributed by atoms with E-state index in [9.17, 15) is 9.59 Å². The smallest absolute Gasteiger partial charge is 0.237 e. The number of rotatable bonds is 6. The van der Waals surface area contributed by atoms with Crippen molar-refractivity contribution in [2.45, 2.75) is 43.9 Å². The maximum absolute atomic E-state index is 12.6. The first-order valence-corrected chi connectivity index (χ1v) is 11.5. The van der Waals surface area contributed by atoms with Crippen LogP contribution in [0.4, 0.5) is 0 Å². The van der Waals surface area contributed by atoms with Gasteiger partial charge in [0.2, 0.25) is 11.8 Å². The normalized spacial score (nSPS) is 26.9. The molecule has 3 atom stereocenters. The molecule has 4 rings (SSSR count). The van der Waals surface area contributed by atoms with Crippen molar-refractivity contribution in [1.29, 1.82) is 0 Å². The highest BCUT2D eigenvalue weighted by Crippen LogP contribution is 2.26. The summed E-state index contributed by atoms with van der Waals surface area (Å²) >= 11 is 5.42. The fraction of sp³-hybridized carbons (Fsp3) is 0.667. The van der Waals surface area contributed by atoms with Gasteiger partial charge in [-0.3, -0.25) is 14.5 Å². The van der Waals surface area contributed by atoms with E-state index in [0.717, 1.165) is 44.9 Å². The first kappa shape index (κ1) is 22.0. The number of amides is 2. The van der Waals surface area contributed by atoms with Gasteiger partial charge in [-0.05, 0) is 44.2 Å². The van der Waals surface area contributed by atoms with Gasteiger partial charge in [0.05, 0.1) is 18.8 Å². The number of piperazine rings is 2. The van der Waals surface area contributed by atoms with Crippen molar-refractivity contribution in [2.75, 3.05) is 46.3 Å². The Balaban J connectivity index is 1.25. The van der Waals surface area contributed by atoms with Crippen LogP contribution in [-0.2, 0) is 16.1 Å². The van der Waals surface area contributed by atoms with E-state index in [4.69, 9.17) is 16.6 Å². The molecular formula is C21H32N6O3S. The van der Waals surface area contributed by atoms with Crippen molar-refractivity contribution < 1.29 is 14.0 Å². The van der Waals surface area contributed by atoms with Crippen molar-refractivity contribution in [3.8, 4) is 0 Å². The lowest BCUT2D eigenvalue weighted by Gasteiger charge is -2.38. The summed E-state index contributed by atoms with van der Waals surface area (Å²) in [5, 5.41) is 10.1. The Hall–Kier alpha value is -2.17. The summed E-state index contributed by atoms with van der Waals surface area (Å²) in [7, 11) is 2.09. The Morgan fingerprint density at radius 3 is 2.87 bits per heavy atom. The van der Waals surface area contributed by atoms with E-state index in [1.807, 2.05) is 17.0 Å². The number of nitrogens with one attached hydrogen (secondary N) is 3. The van der Waals surface area contributed by atoms with Crippen LogP contribution >= 0.6 is 12.2 Å². The highest BCUT2D eigenvalue weighted by Gasteiger charge is 2.43. The van der Waals surface area contributed by atoms with Crippen LogP contribution in [0.2, 0.25) is 0 Å². The molecule has 4 heterocycles. The third kappa shape index (κ3) is 5.55. The lowest BCUT2D eigenvalue weighted by atomic mass is 10.0. The highest BCUT2D eigenvalue weighted by molar-refractivity contribution is 7.80. The van der Waals surface area contributed by atoms with E-state index in [2.05, 4.69) is 32.8 Å². The molecule has 3 fully saturated rings. The van der Waals surface area contributed by atoms with Crippen LogP contribution in [0, 0.1) is 0 Å². The van der Waals surface area contributed by atoms with Crippen molar-refractivity contribution in [3.63, 3.8) is 0 Å². The molecule has 10 heteroatoms. The second-order valence-electron chi connectivity index (χ2n) is 8.67. The summed E-state index contributed by atoms with van der Waals surface area (Å²) in [5.41, 5.74) is 0. The van der Waals surface area contributed by atoms with Gasteiger partial charge in [-0.2, -0.15) is 0 Å². The molecule has 1 aromatic heterocycles. The zero-order chi connectivity index (χ0) is 21.8. The molecule has 3 aliphatic heterocycles. The monoisotopic (exact) mass is 448 g/mol. The molecule has 31 heavy (non-hydrogen) atoms. The maximum Gasteiger partial charge on any atom is 0.237 e. The molecule has 1 aromatic rings. The number of thiocarbonyl (C=S) groups is 1. The number of hydrogen-bond acceptors (Lipinski definition) is 6. The Morgan fingerprint density at radius 2 is 2.13 bits per heavy atom. The third-order valence-electron chi connectivity index (χ3n) is 6.51. The van der Waals surface area contributed by atoms with Gasteiger partial charge in [0, 0.05) is 57.8 Å². The molecule has 0 spiro atoms. The van der Waals surface area contributed by atoms with E-state index in [1.54, 1.807) is 6.26 Å². The quantitative estimate of drug-likeness (QED) is 0.513. The minimum absolute atomic E-state index is 0.0698. The molecule has 170 valence electrons. The van der Waals surface area contributed by atoms with E-state index >= 15 is 0 Å².